The summed E-state index contributed by atoms with van der Waals surface area (Å²) in [5, 5.41) is 16.2. The second-order valence-electron chi connectivity index (χ2n) is 9.01. The van der Waals surface area contributed by atoms with Crippen LogP contribution >= 0.6 is 0 Å². The lowest BCUT2D eigenvalue weighted by molar-refractivity contribution is -0.130. The molecule has 0 aliphatic rings. The van der Waals surface area contributed by atoms with Crippen molar-refractivity contribution >= 4 is 5.91 Å². The van der Waals surface area contributed by atoms with Gasteiger partial charge in [0.1, 0.15) is 17.7 Å². The summed E-state index contributed by atoms with van der Waals surface area (Å²) in [6.07, 6.45) is -0.711. The Bertz CT molecular complexity index is 864. The third-order valence-corrected chi connectivity index (χ3v) is 5.23. The molecule has 3 atom stereocenters. The summed E-state index contributed by atoms with van der Waals surface area (Å²) in [6, 6.07) is 11.7. The van der Waals surface area contributed by atoms with E-state index in [4.69, 9.17) is 11.5 Å². The summed E-state index contributed by atoms with van der Waals surface area (Å²) in [5.41, 5.74) is 12.9. The van der Waals surface area contributed by atoms with E-state index in [0.29, 0.717) is 26.1 Å². The van der Waals surface area contributed by atoms with Gasteiger partial charge in [-0.15, -0.1) is 0 Å². The number of nitrogens with one attached hydrogen (secondary N) is 2. The summed E-state index contributed by atoms with van der Waals surface area (Å²) in [6.45, 7) is 5.15. The number of aliphatic hydroxyl groups excluding tert-OH is 1. The molecule has 2 rings (SSSR count). The molecule has 32 heavy (non-hydrogen) atoms. The van der Waals surface area contributed by atoms with E-state index in [0.717, 1.165) is 23.8 Å². The number of halogens is 2. The first-order valence-corrected chi connectivity index (χ1v) is 10.7. The molecular weight excluding hydrogens is 414 g/mol. The van der Waals surface area contributed by atoms with Crippen LogP contribution in [0.3, 0.4) is 0 Å². The molecular formula is C24H34F2N4O2. The lowest BCUT2D eigenvalue weighted by atomic mass is 9.92. The molecule has 176 valence electrons. The van der Waals surface area contributed by atoms with E-state index < -0.39 is 35.7 Å². The molecule has 1 amide bonds. The van der Waals surface area contributed by atoms with Crippen LogP contribution in [0.4, 0.5) is 8.78 Å². The average Bonchev–Trinajstić information content (AvgIpc) is 2.74. The van der Waals surface area contributed by atoms with Gasteiger partial charge < -0.3 is 27.2 Å². The minimum absolute atomic E-state index is 0.208. The Hall–Kier alpha value is -2.39. The number of hydrogen-bond acceptors (Lipinski definition) is 5. The molecule has 6 nitrogen and oxygen atoms in total. The highest BCUT2D eigenvalue weighted by Gasteiger charge is 2.26. The van der Waals surface area contributed by atoms with E-state index in [1.807, 2.05) is 44.2 Å². The third-order valence-electron chi connectivity index (χ3n) is 5.23. The smallest absolute Gasteiger partial charge is 0.250 e. The summed E-state index contributed by atoms with van der Waals surface area (Å²) >= 11 is 0. The Morgan fingerprint density at radius 2 is 1.75 bits per heavy atom. The molecule has 2 aromatic rings. The predicted molar refractivity (Wildman–Crippen MR) is 122 cm³/mol. The van der Waals surface area contributed by atoms with Crippen LogP contribution in [0.5, 0.6) is 0 Å². The molecule has 0 saturated carbocycles. The van der Waals surface area contributed by atoms with Crippen molar-refractivity contribution in [2.24, 2.45) is 16.9 Å². The van der Waals surface area contributed by atoms with Crippen molar-refractivity contribution in [2.75, 3.05) is 19.6 Å². The normalized spacial score (nSPS) is 14.6. The van der Waals surface area contributed by atoms with Crippen molar-refractivity contribution in [1.29, 1.82) is 0 Å². The van der Waals surface area contributed by atoms with Crippen LogP contribution in [0, 0.1) is 17.0 Å². The van der Waals surface area contributed by atoms with E-state index in [9.17, 15) is 18.7 Å². The molecule has 8 heteroatoms. The van der Waals surface area contributed by atoms with Crippen molar-refractivity contribution in [3.8, 4) is 0 Å². The Balaban J connectivity index is 1.72. The van der Waals surface area contributed by atoms with E-state index in [1.54, 1.807) is 0 Å². The van der Waals surface area contributed by atoms with Gasteiger partial charge in [0.15, 0.2) is 0 Å². The molecule has 0 spiro atoms. The molecule has 0 saturated heterocycles. The van der Waals surface area contributed by atoms with Gasteiger partial charge in [-0.25, -0.2) is 8.78 Å². The van der Waals surface area contributed by atoms with Gasteiger partial charge in [0.25, 0.3) is 0 Å². The Labute approximate surface area is 188 Å². The van der Waals surface area contributed by atoms with Gasteiger partial charge in [0.05, 0.1) is 0 Å². The molecule has 2 aromatic carbocycles. The Kier molecular flexibility index (Phi) is 9.71. The third kappa shape index (κ3) is 8.63. The number of carbonyl (C=O) groups is 1. The second kappa shape index (κ2) is 12.0. The molecule has 3 unspecified atom stereocenters. The molecule has 7 N–H and O–H groups in total. The standard InChI is InChI=1S/C24H34F2N4O2/c1-24(2,14-29-13-19(27)12-17-11-18(25)8-9-20(17)26)15-30-23(32)22(31)21(28)10-16-6-4-3-5-7-16/h3-9,11,19,21-22,29,31H,10,12-15,27-28H2,1-2H3,(H,30,32). The minimum Gasteiger partial charge on any atom is -0.382 e. The van der Waals surface area contributed by atoms with E-state index in [2.05, 4.69) is 10.6 Å². The lowest BCUT2D eigenvalue weighted by Gasteiger charge is -2.27. The van der Waals surface area contributed by atoms with Gasteiger partial charge >= 0.3 is 0 Å². The number of amides is 1. The van der Waals surface area contributed by atoms with Gasteiger partial charge in [-0.3, -0.25) is 4.79 Å². The topological polar surface area (TPSA) is 113 Å². The van der Waals surface area contributed by atoms with Crippen molar-refractivity contribution < 1.29 is 18.7 Å². The second-order valence-corrected chi connectivity index (χ2v) is 9.01. The summed E-state index contributed by atoms with van der Waals surface area (Å²) < 4.78 is 27.0. The van der Waals surface area contributed by atoms with Crippen molar-refractivity contribution in [2.45, 2.75) is 44.9 Å². The van der Waals surface area contributed by atoms with E-state index >= 15 is 0 Å². The van der Waals surface area contributed by atoms with Crippen molar-refractivity contribution in [1.82, 2.24) is 10.6 Å². The van der Waals surface area contributed by atoms with Crippen LogP contribution in [0.2, 0.25) is 0 Å². The van der Waals surface area contributed by atoms with Crippen LogP contribution in [0.15, 0.2) is 48.5 Å². The van der Waals surface area contributed by atoms with Crippen molar-refractivity contribution in [3.05, 3.63) is 71.3 Å². The molecule has 0 bridgehead atoms. The summed E-state index contributed by atoms with van der Waals surface area (Å²) in [7, 11) is 0. The quantitative estimate of drug-likeness (QED) is 0.338. The van der Waals surface area contributed by atoms with Gasteiger partial charge in [0.2, 0.25) is 5.91 Å². The summed E-state index contributed by atoms with van der Waals surface area (Å²) in [4.78, 5) is 12.3. The zero-order chi connectivity index (χ0) is 23.7. The van der Waals surface area contributed by atoms with Gasteiger partial charge in [0, 0.05) is 31.7 Å². The van der Waals surface area contributed by atoms with Gasteiger partial charge in [-0.2, -0.15) is 0 Å². The SMILES string of the molecule is CC(C)(CNCC(N)Cc1cc(F)ccc1F)CNC(=O)C(O)C(N)Cc1ccccc1. The van der Waals surface area contributed by atoms with Crippen LogP contribution in [-0.2, 0) is 17.6 Å². The van der Waals surface area contributed by atoms with E-state index in [1.165, 1.54) is 0 Å². The number of carbonyl (C=O) groups excluding carboxylic acids is 1. The maximum Gasteiger partial charge on any atom is 0.250 e. The fourth-order valence-corrected chi connectivity index (χ4v) is 3.34. The van der Waals surface area contributed by atoms with E-state index in [-0.39, 0.29) is 17.4 Å². The maximum absolute atomic E-state index is 13.7. The largest absolute Gasteiger partial charge is 0.382 e. The predicted octanol–water partition coefficient (Wildman–Crippen LogP) is 1.50. The number of hydrogen-bond donors (Lipinski definition) is 5. The van der Waals surface area contributed by atoms with Crippen LogP contribution in [0.25, 0.3) is 0 Å². The Morgan fingerprint density at radius 1 is 1.06 bits per heavy atom. The highest BCUT2D eigenvalue weighted by Crippen LogP contribution is 2.14. The fraction of sp³-hybridized carbons (Fsp3) is 0.458. The van der Waals surface area contributed by atoms with Crippen LogP contribution in [-0.4, -0.2) is 48.8 Å². The highest BCUT2D eigenvalue weighted by molar-refractivity contribution is 5.81. The zero-order valence-electron chi connectivity index (χ0n) is 18.7. The first-order chi connectivity index (χ1) is 15.1. The highest BCUT2D eigenvalue weighted by atomic mass is 19.1. The van der Waals surface area contributed by atoms with Gasteiger partial charge in [-0.05, 0) is 47.6 Å². The monoisotopic (exact) mass is 448 g/mol. The summed E-state index contributed by atoms with van der Waals surface area (Å²) in [5.74, 6) is -1.49. The minimum atomic E-state index is -1.31. The lowest BCUT2D eigenvalue weighted by Crippen LogP contribution is -2.50. The molecule has 0 aromatic heterocycles. The molecule has 0 aliphatic carbocycles. The molecule has 0 aliphatic heterocycles. The van der Waals surface area contributed by atoms with Crippen LogP contribution < -0.4 is 22.1 Å². The Morgan fingerprint density at radius 3 is 2.44 bits per heavy atom. The number of aliphatic hydroxyl groups is 1. The number of rotatable bonds is 12. The van der Waals surface area contributed by atoms with Crippen LogP contribution in [0.1, 0.15) is 25.0 Å². The maximum atomic E-state index is 13.7. The first kappa shape index (κ1) is 25.9. The number of nitrogens with two attached hydrogens (primary N) is 2. The molecule has 0 radical (unpaired) electrons. The fourth-order valence-electron chi connectivity index (χ4n) is 3.34. The zero-order valence-corrected chi connectivity index (χ0v) is 18.7. The number of benzene rings is 2. The van der Waals surface area contributed by atoms with Gasteiger partial charge in [-0.1, -0.05) is 44.2 Å². The average molecular weight is 449 g/mol. The van der Waals surface area contributed by atoms with Crippen molar-refractivity contribution in [3.63, 3.8) is 0 Å². The first-order valence-electron chi connectivity index (χ1n) is 10.7. The molecule has 0 fully saturated rings. The molecule has 0 heterocycles.